The van der Waals surface area contributed by atoms with Gasteiger partial charge in [0.05, 0.1) is 7.11 Å². The fraction of sp³-hybridized carbons (Fsp3) is 0.647. The summed E-state index contributed by atoms with van der Waals surface area (Å²) in [5.74, 6) is 0.991. The lowest BCUT2D eigenvalue weighted by Crippen LogP contribution is -2.48. The molecule has 0 atom stereocenters. The van der Waals surface area contributed by atoms with Gasteiger partial charge in [0.2, 0.25) is 0 Å². The molecule has 0 spiro atoms. The lowest BCUT2D eigenvalue weighted by molar-refractivity contribution is 0.0468. The molecule has 0 unspecified atom stereocenters. The van der Waals surface area contributed by atoms with Crippen LogP contribution in [0.2, 0.25) is 0 Å². The van der Waals surface area contributed by atoms with Gasteiger partial charge in [0.15, 0.2) is 0 Å². The van der Waals surface area contributed by atoms with Crippen molar-refractivity contribution >= 4 is 0 Å². The van der Waals surface area contributed by atoms with Gasteiger partial charge in [-0.25, -0.2) is 0 Å². The van der Waals surface area contributed by atoms with Crippen LogP contribution in [-0.4, -0.2) is 32.4 Å². The molecule has 20 heavy (non-hydrogen) atoms. The summed E-state index contributed by atoms with van der Waals surface area (Å²) in [4.78, 5) is 0. The number of rotatable bonds is 4. The van der Waals surface area contributed by atoms with E-state index in [1.165, 1.54) is 5.56 Å². The van der Waals surface area contributed by atoms with Crippen LogP contribution in [0.15, 0.2) is 24.3 Å². The summed E-state index contributed by atoms with van der Waals surface area (Å²) in [5, 5.41) is 3.67. The third kappa shape index (κ3) is 3.53. The first-order valence-electron chi connectivity index (χ1n) is 7.43. The molecule has 0 radical (unpaired) electrons. The van der Waals surface area contributed by atoms with Gasteiger partial charge in [-0.2, -0.15) is 0 Å². The van der Waals surface area contributed by atoms with Crippen molar-refractivity contribution in [2.75, 3.05) is 26.9 Å². The van der Waals surface area contributed by atoms with Crippen LogP contribution in [0.5, 0.6) is 5.75 Å². The fourth-order valence-corrected chi connectivity index (χ4v) is 2.82. The van der Waals surface area contributed by atoms with E-state index in [0.29, 0.717) is 0 Å². The van der Waals surface area contributed by atoms with Crippen molar-refractivity contribution < 1.29 is 9.47 Å². The van der Waals surface area contributed by atoms with Crippen LogP contribution in [0.1, 0.15) is 39.2 Å². The van der Waals surface area contributed by atoms with Crippen molar-refractivity contribution in [1.82, 2.24) is 5.32 Å². The van der Waals surface area contributed by atoms with Crippen molar-refractivity contribution in [2.45, 2.75) is 44.6 Å². The summed E-state index contributed by atoms with van der Waals surface area (Å²) >= 11 is 0. The first kappa shape index (κ1) is 15.3. The van der Waals surface area contributed by atoms with E-state index in [9.17, 15) is 0 Å². The average Bonchev–Trinajstić information content (AvgIpc) is 2.45. The maximum absolute atomic E-state index is 5.59. The van der Waals surface area contributed by atoms with Crippen LogP contribution in [0.25, 0.3) is 0 Å². The lowest BCUT2D eigenvalue weighted by Gasteiger charge is -2.40. The Morgan fingerprint density at radius 1 is 1.20 bits per heavy atom. The number of para-hydroxylation sites is 1. The summed E-state index contributed by atoms with van der Waals surface area (Å²) in [6, 6.07) is 8.40. The van der Waals surface area contributed by atoms with Crippen LogP contribution in [-0.2, 0) is 10.2 Å². The molecule has 1 N–H and O–H groups in total. The molecule has 0 amide bonds. The molecule has 0 bridgehead atoms. The average molecular weight is 277 g/mol. The van der Waals surface area contributed by atoms with Gasteiger partial charge in [-0.05, 0) is 39.7 Å². The molecule has 2 rings (SSSR count). The van der Waals surface area contributed by atoms with E-state index in [1.807, 2.05) is 6.07 Å². The molecule has 1 aromatic rings. The molecule has 1 aliphatic heterocycles. The second-order valence-electron chi connectivity index (χ2n) is 6.70. The van der Waals surface area contributed by atoms with Crippen LogP contribution in [0.4, 0.5) is 0 Å². The van der Waals surface area contributed by atoms with Gasteiger partial charge in [0.25, 0.3) is 0 Å². The molecule has 0 aliphatic carbocycles. The standard InChI is InChI=1S/C17H27NO2/c1-16(2,3)18-13-17(9-11-20-12-10-17)14-7-5-6-8-15(14)19-4/h5-8,18H,9-13H2,1-4H3. The number of nitrogens with one attached hydrogen (secondary N) is 1. The van der Waals surface area contributed by atoms with Crippen LogP contribution >= 0.6 is 0 Å². The molecular weight excluding hydrogens is 250 g/mol. The monoisotopic (exact) mass is 277 g/mol. The zero-order chi connectivity index (χ0) is 14.6. The van der Waals surface area contributed by atoms with Crippen molar-refractivity contribution in [1.29, 1.82) is 0 Å². The Hall–Kier alpha value is -1.06. The Bertz CT molecular complexity index is 431. The highest BCUT2D eigenvalue weighted by molar-refractivity contribution is 5.40. The van der Waals surface area contributed by atoms with Gasteiger partial charge in [-0.15, -0.1) is 0 Å². The van der Waals surface area contributed by atoms with Crippen LogP contribution in [0, 0.1) is 0 Å². The Kier molecular flexibility index (Phi) is 4.71. The summed E-state index contributed by atoms with van der Waals surface area (Å²) in [7, 11) is 1.75. The van der Waals surface area contributed by atoms with E-state index in [1.54, 1.807) is 7.11 Å². The maximum atomic E-state index is 5.59. The minimum Gasteiger partial charge on any atom is -0.496 e. The number of hydrogen-bond acceptors (Lipinski definition) is 3. The van der Waals surface area contributed by atoms with Gasteiger partial charge in [-0.3, -0.25) is 0 Å². The predicted molar refractivity (Wildman–Crippen MR) is 82.5 cm³/mol. The number of methoxy groups -OCH3 is 1. The Morgan fingerprint density at radius 3 is 2.45 bits per heavy atom. The van der Waals surface area contributed by atoms with Crippen LogP contribution < -0.4 is 10.1 Å². The Balaban J connectivity index is 2.31. The molecule has 3 nitrogen and oxygen atoms in total. The smallest absolute Gasteiger partial charge is 0.122 e. The van der Waals surface area contributed by atoms with E-state index in [-0.39, 0.29) is 11.0 Å². The van der Waals surface area contributed by atoms with Gasteiger partial charge < -0.3 is 14.8 Å². The molecule has 1 saturated heterocycles. The van der Waals surface area contributed by atoms with Crippen molar-refractivity contribution in [3.63, 3.8) is 0 Å². The normalized spacial score (nSPS) is 18.8. The van der Waals surface area contributed by atoms with Gasteiger partial charge >= 0.3 is 0 Å². The van der Waals surface area contributed by atoms with Crippen molar-refractivity contribution in [2.24, 2.45) is 0 Å². The quantitative estimate of drug-likeness (QED) is 0.917. The van der Waals surface area contributed by atoms with E-state index in [4.69, 9.17) is 9.47 Å². The van der Waals surface area contributed by atoms with E-state index in [2.05, 4.69) is 44.3 Å². The number of ether oxygens (including phenoxy) is 2. The summed E-state index contributed by atoms with van der Waals surface area (Å²) in [6.45, 7) is 9.24. The first-order valence-corrected chi connectivity index (χ1v) is 7.43. The third-order valence-electron chi connectivity index (χ3n) is 4.09. The number of benzene rings is 1. The third-order valence-corrected chi connectivity index (χ3v) is 4.09. The molecule has 1 aromatic carbocycles. The molecule has 1 fully saturated rings. The molecule has 0 saturated carbocycles. The topological polar surface area (TPSA) is 30.5 Å². The SMILES string of the molecule is COc1ccccc1C1(CNC(C)(C)C)CCOCC1. The number of hydrogen-bond donors (Lipinski definition) is 1. The van der Waals surface area contributed by atoms with Crippen molar-refractivity contribution in [3.8, 4) is 5.75 Å². The highest BCUT2D eigenvalue weighted by atomic mass is 16.5. The lowest BCUT2D eigenvalue weighted by atomic mass is 9.73. The zero-order valence-electron chi connectivity index (χ0n) is 13.2. The van der Waals surface area contributed by atoms with Gasteiger partial charge in [-0.1, -0.05) is 18.2 Å². The van der Waals surface area contributed by atoms with Crippen molar-refractivity contribution in [3.05, 3.63) is 29.8 Å². The van der Waals surface area contributed by atoms with Gasteiger partial charge in [0.1, 0.15) is 5.75 Å². The minimum absolute atomic E-state index is 0.109. The highest BCUT2D eigenvalue weighted by Gasteiger charge is 2.37. The molecular formula is C17H27NO2. The van der Waals surface area contributed by atoms with E-state index in [0.717, 1.165) is 38.3 Å². The van der Waals surface area contributed by atoms with Crippen LogP contribution in [0.3, 0.4) is 0 Å². The zero-order valence-corrected chi connectivity index (χ0v) is 13.2. The van der Waals surface area contributed by atoms with E-state index < -0.39 is 0 Å². The molecule has 1 heterocycles. The largest absolute Gasteiger partial charge is 0.496 e. The Morgan fingerprint density at radius 2 is 1.85 bits per heavy atom. The molecule has 1 aliphatic rings. The molecule has 112 valence electrons. The fourth-order valence-electron chi connectivity index (χ4n) is 2.82. The summed E-state index contributed by atoms with van der Waals surface area (Å²) in [5.41, 5.74) is 1.54. The predicted octanol–water partition coefficient (Wildman–Crippen LogP) is 3.13. The first-order chi connectivity index (χ1) is 9.47. The maximum Gasteiger partial charge on any atom is 0.122 e. The Labute approximate surface area is 122 Å². The minimum atomic E-state index is 0.109. The highest BCUT2D eigenvalue weighted by Crippen LogP contribution is 2.39. The summed E-state index contributed by atoms with van der Waals surface area (Å²) in [6.07, 6.45) is 2.08. The summed E-state index contributed by atoms with van der Waals surface area (Å²) < 4.78 is 11.2. The van der Waals surface area contributed by atoms with Gasteiger partial charge in [0, 0.05) is 36.3 Å². The van der Waals surface area contributed by atoms with E-state index >= 15 is 0 Å². The molecule has 3 heteroatoms. The second-order valence-corrected chi connectivity index (χ2v) is 6.70. The second kappa shape index (κ2) is 6.15. The molecule has 0 aromatic heterocycles.